The van der Waals surface area contributed by atoms with Gasteiger partial charge in [0, 0.05) is 52.0 Å². The van der Waals surface area contributed by atoms with E-state index in [2.05, 4.69) is 35.7 Å². The largest absolute Gasteiger partial charge is 0.487 e. The third-order valence-corrected chi connectivity index (χ3v) is 10.7. The van der Waals surface area contributed by atoms with E-state index in [0.717, 1.165) is 94.7 Å². The summed E-state index contributed by atoms with van der Waals surface area (Å²) in [6, 6.07) is 17.9. The van der Waals surface area contributed by atoms with Crippen LogP contribution in [0.15, 0.2) is 71.9 Å². The number of aromatic nitrogens is 1. The number of hydrogen-bond donors (Lipinski definition) is 0. The van der Waals surface area contributed by atoms with E-state index in [-0.39, 0.29) is 17.2 Å². The van der Waals surface area contributed by atoms with Crippen molar-refractivity contribution in [1.29, 1.82) is 0 Å². The summed E-state index contributed by atoms with van der Waals surface area (Å²) in [7, 11) is 0. The van der Waals surface area contributed by atoms with Crippen LogP contribution in [0.5, 0.6) is 5.75 Å². The van der Waals surface area contributed by atoms with E-state index >= 15 is 0 Å². The van der Waals surface area contributed by atoms with E-state index < -0.39 is 24.9 Å². The normalized spacial score (nSPS) is 13.7. The van der Waals surface area contributed by atoms with Crippen molar-refractivity contribution in [2.75, 3.05) is 6.61 Å². The molecule has 0 saturated heterocycles. The van der Waals surface area contributed by atoms with Crippen molar-refractivity contribution in [3.8, 4) is 5.75 Å². The molecule has 0 radical (unpaired) electrons. The van der Waals surface area contributed by atoms with Crippen molar-refractivity contribution in [3.05, 3.63) is 117 Å². The number of aryl methyl sites for hydroxylation is 4. The molecule has 1 unspecified atom stereocenters. The standard InChI is InChI=1S/C46H48F4N2O4/c1-7-9-12-31(8-2)25-52-40-20-17-33(42(51-56-30(6)53)32-15-18-34(19-16-32)55-26-46(49,50)45(47)48)23-37(40)38-24-39(35-13-10-11-14-36(35)43(38)52)44(54)41-28(4)21-27(3)22-29(41)5/h10,13,15-24,31,45H,7-9,11-12,14,25-26H2,1-6H3/b51-42-. The molecule has 6 rings (SSSR count). The molecule has 56 heavy (non-hydrogen) atoms. The predicted octanol–water partition coefficient (Wildman–Crippen LogP) is 11.7. The smallest absolute Gasteiger partial charge is 0.340 e. The summed E-state index contributed by atoms with van der Waals surface area (Å²) in [4.78, 5) is 31.8. The Bertz CT molecular complexity index is 2320. The maximum atomic E-state index is 14.7. The van der Waals surface area contributed by atoms with E-state index in [4.69, 9.17) is 9.57 Å². The molecular weight excluding hydrogens is 721 g/mol. The number of nitrogens with zero attached hydrogens (tertiary/aromatic N) is 2. The molecule has 0 bridgehead atoms. The van der Waals surface area contributed by atoms with Gasteiger partial charge in [-0.3, -0.25) is 4.79 Å². The van der Waals surface area contributed by atoms with Gasteiger partial charge in [0.15, 0.2) is 12.4 Å². The summed E-state index contributed by atoms with van der Waals surface area (Å²) in [5.41, 5.74) is 9.83. The molecule has 0 N–H and O–H groups in total. The van der Waals surface area contributed by atoms with Crippen molar-refractivity contribution < 1.29 is 36.7 Å². The average molecular weight is 769 g/mol. The number of carbonyl (C=O) groups excluding carboxylic acids is 2. The van der Waals surface area contributed by atoms with Gasteiger partial charge in [0.2, 0.25) is 0 Å². The number of fused-ring (bicyclic) bond motifs is 5. The quantitative estimate of drug-likeness (QED) is 0.0350. The molecule has 0 saturated carbocycles. The molecule has 1 atom stereocenters. The van der Waals surface area contributed by atoms with E-state index in [9.17, 15) is 27.2 Å². The topological polar surface area (TPSA) is 69.9 Å². The second-order valence-corrected chi connectivity index (χ2v) is 14.9. The fraction of sp³-hybridized carbons (Fsp3) is 0.370. The van der Waals surface area contributed by atoms with Gasteiger partial charge in [0.25, 0.3) is 0 Å². The number of ether oxygens (including phenoxy) is 1. The number of alkyl halides is 4. The van der Waals surface area contributed by atoms with Crippen LogP contribution in [0.2, 0.25) is 0 Å². The van der Waals surface area contributed by atoms with Crippen LogP contribution in [0.4, 0.5) is 17.6 Å². The summed E-state index contributed by atoms with van der Waals surface area (Å²) >= 11 is 0. The second kappa shape index (κ2) is 16.9. The number of halogens is 4. The number of rotatable bonds is 15. The Hall–Kier alpha value is -5.25. The van der Waals surface area contributed by atoms with Gasteiger partial charge in [0.1, 0.15) is 11.5 Å². The number of allylic oxidation sites excluding steroid dienone is 1. The van der Waals surface area contributed by atoms with Gasteiger partial charge in [-0.1, -0.05) is 74.2 Å². The molecule has 0 aliphatic heterocycles. The van der Waals surface area contributed by atoms with Crippen LogP contribution in [0.25, 0.3) is 27.9 Å². The third kappa shape index (κ3) is 8.30. The zero-order chi connectivity index (χ0) is 40.3. The first-order valence-electron chi connectivity index (χ1n) is 19.3. The Morgan fingerprint density at radius 3 is 2.27 bits per heavy atom. The molecule has 1 aromatic heterocycles. The van der Waals surface area contributed by atoms with Crippen LogP contribution < -0.4 is 4.74 Å². The number of carbonyl (C=O) groups is 2. The van der Waals surface area contributed by atoms with E-state index in [1.54, 1.807) is 0 Å². The number of hydrogen-bond acceptors (Lipinski definition) is 5. The molecule has 5 aromatic rings. The monoisotopic (exact) mass is 768 g/mol. The van der Waals surface area contributed by atoms with Crippen molar-refractivity contribution in [3.63, 3.8) is 0 Å². The summed E-state index contributed by atoms with van der Waals surface area (Å²) in [6.07, 6.45) is 6.35. The van der Waals surface area contributed by atoms with Crippen LogP contribution in [-0.2, 0) is 22.6 Å². The third-order valence-electron chi connectivity index (χ3n) is 10.7. The molecule has 294 valence electrons. The van der Waals surface area contributed by atoms with Crippen molar-refractivity contribution in [2.45, 2.75) is 99.0 Å². The minimum absolute atomic E-state index is 0.0261. The fourth-order valence-electron chi connectivity index (χ4n) is 7.94. The van der Waals surface area contributed by atoms with Crippen LogP contribution in [0, 0.1) is 26.7 Å². The van der Waals surface area contributed by atoms with Gasteiger partial charge in [-0.2, -0.15) is 8.78 Å². The maximum absolute atomic E-state index is 14.7. The van der Waals surface area contributed by atoms with Gasteiger partial charge in [-0.25, -0.2) is 13.6 Å². The summed E-state index contributed by atoms with van der Waals surface area (Å²) < 4.78 is 59.9. The lowest BCUT2D eigenvalue weighted by atomic mass is 9.85. The van der Waals surface area contributed by atoms with Crippen molar-refractivity contribution >= 4 is 45.3 Å². The molecule has 0 fully saturated rings. The predicted molar refractivity (Wildman–Crippen MR) is 214 cm³/mol. The number of ketones is 1. The summed E-state index contributed by atoms with van der Waals surface area (Å²) in [5, 5.41) is 6.04. The molecule has 1 aliphatic rings. The first kappa shape index (κ1) is 40.4. The lowest BCUT2D eigenvalue weighted by molar-refractivity contribution is -0.148. The highest BCUT2D eigenvalue weighted by molar-refractivity contribution is 6.20. The van der Waals surface area contributed by atoms with Crippen LogP contribution in [0.1, 0.15) is 108 Å². The van der Waals surface area contributed by atoms with Gasteiger partial charge in [-0.05, 0) is 111 Å². The minimum Gasteiger partial charge on any atom is -0.487 e. The van der Waals surface area contributed by atoms with Gasteiger partial charge >= 0.3 is 18.3 Å². The Morgan fingerprint density at radius 1 is 0.929 bits per heavy atom. The molecule has 4 aromatic carbocycles. The molecule has 1 aliphatic carbocycles. The Morgan fingerprint density at radius 2 is 1.62 bits per heavy atom. The molecule has 6 nitrogen and oxygen atoms in total. The second-order valence-electron chi connectivity index (χ2n) is 14.9. The lowest BCUT2D eigenvalue weighted by Crippen LogP contribution is -2.33. The molecule has 0 spiro atoms. The zero-order valence-electron chi connectivity index (χ0n) is 32.8. The minimum atomic E-state index is -4.31. The summed E-state index contributed by atoms with van der Waals surface area (Å²) in [6.45, 7) is 11.0. The average Bonchev–Trinajstić information content (AvgIpc) is 3.47. The SMILES string of the molecule is CCCCC(CC)Cn1c2ccc(/C(=N\OC(C)=O)c3ccc(OCC(F)(F)C(F)F)cc3)cc2c2cc(C(=O)c3c(C)cc(C)cc3C)c3c(c21)CCC=C3. The lowest BCUT2D eigenvalue weighted by Gasteiger charge is -2.22. The van der Waals surface area contributed by atoms with E-state index in [1.807, 2.05) is 57.2 Å². The summed E-state index contributed by atoms with van der Waals surface area (Å²) in [5.74, 6) is -4.58. The van der Waals surface area contributed by atoms with E-state index in [1.165, 1.54) is 31.2 Å². The molecule has 10 heteroatoms. The molecule has 1 heterocycles. The fourth-order valence-corrected chi connectivity index (χ4v) is 7.94. The highest BCUT2D eigenvalue weighted by atomic mass is 19.3. The first-order chi connectivity index (χ1) is 26.7. The molecular formula is C46H48F4N2O4. The highest BCUT2D eigenvalue weighted by Crippen LogP contribution is 2.40. The van der Waals surface area contributed by atoms with Gasteiger partial charge in [-0.15, -0.1) is 0 Å². The van der Waals surface area contributed by atoms with Crippen LogP contribution in [0.3, 0.4) is 0 Å². The van der Waals surface area contributed by atoms with Gasteiger partial charge in [0.05, 0.1) is 5.52 Å². The van der Waals surface area contributed by atoms with Gasteiger partial charge < -0.3 is 14.1 Å². The molecule has 0 amide bonds. The number of benzene rings is 4. The zero-order valence-corrected chi connectivity index (χ0v) is 32.8. The first-order valence-corrected chi connectivity index (χ1v) is 19.3. The van der Waals surface area contributed by atoms with Crippen LogP contribution in [-0.4, -0.2) is 41.0 Å². The highest BCUT2D eigenvalue weighted by Gasteiger charge is 2.41. The Balaban J connectivity index is 1.56. The maximum Gasteiger partial charge on any atom is 0.340 e. The van der Waals surface area contributed by atoms with E-state index in [0.29, 0.717) is 28.2 Å². The van der Waals surface area contributed by atoms with Crippen molar-refractivity contribution in [1.82, 2.24) is 4.57 Å². The number of unbranched alkanes of at least 4 members (excludes halogenated alkanes) is 1. The Kier molecular flexibility index (Phi) is 12.2. The Labute approximate surface area is 325 Å². The van der Waals surface area contributed by atoms with Crippen molar-refractivity contribution in [2.24, 2.45) is 11.1 Å². The number of oxime groups is 1. The van der Waals surface area contributed by atoms with Crippen LogP contribution >= 0.6 is 0 Å².